The zero-order valence-electron chi connectivity index (χ0n) is 18.2. The van der Waals surface area contributed by atoms with E-state index in [1.54, 1.807) is 27.2 Å². The monoisotopic (exact) mass is 459 g/mol. The highest BCUT2D eigenvalue weighted by atomic mass is 35.5. The van der Waals surface area contributed by atoms with Crippen molar-refractivity contribution in [2.45, 2.75) is 13.3 Å². The van der Waals surface area contributed by atoms with Gasteiger partial charge in [0.25, 0.3) is 5.91 Å². The van der Waals surface area contributed by atoms with E-state index in [4.69, 9.17) is 25.8 Å². The molecular formula is C24H23ClFNO5. The molecule has 1 heterocycles. The second-order valence-corrected chi connectivity index (χ2v) is 7.45. The van der Waals surface area contributed by atoms with E-state index in [-0.39, 0.29) is 21.7 Å². The first-order chi connectivity index (χ1) is 15.3. The number of halogens is 2. The van der Waals surface area contributed by atoms with Crippen molar-refractivity contribution in [2.24, 2.45) is 0 Å². The summed E-state index contributed by atoms with van der Waals surface area (Å²) in [7, 11) is 4.33. The SMILES string of the molecule is COC(=O)C1=C(C)N(CCc2ccc(OC)c(OC)c2)C(=O)/C1=C/c1c(F)cccc1Cl. The van der Waals surface area contributed by atoms with E-state index in [9.17, 15) is 14.0 Å². The lowest BCUT2D eigenvalue weighted by atomic mass is 10.0. The van der Waals surface area contributed by atoms with Gasteiger partial charge in [-0.3, -0.25) is 4.79 Å². The number of hydrogen-bond donors (Lipinski definition) is 0. The van der Waals surface area contributed by atoms with Gasteiger partial charge in [0.2, 0.25) is 0 Å². The van der Waals surface area contributed by atoms with Crippen LogP contribution in [0.3, 0.4) is 0 Å². The third-order valence-electron chi connectivity index (χ3n) is 5.26. The van der Waals surface area contributed by atoms with Crippen LogP contribution in [0.2, 0.25) is 5.02 Å². The van der Waals surface area contributed by atoms with Crippen molar-refractivity contribution < 1.29 is 28.2 Å². The molecule has 168 valence electrons. The van der Waals surface area contributed by atoms with Crippen LogP contribution in [0.1, 0.15) is 18.1 Å². The molecule has 3 rings (SSSR count). The van der Waals surface area contributed by atoms with E-state index in [2.05, 4.69) is 0 Å². The Balaban J connectivity index is 1.94. The molecule has 2 aromatic rings. The zero-order chi connectivity index (χ0) is 23.4. The molecule has 0 saturated carbocycles. The fourth-order valence-corrected chi connectivity index (χ4v) is 3.78. The molecule has 0 unspecified atom stereocenters. The Morgan fingerprint density at radius 1 is 1.12 bits per heavy atom. The Morgan fingerprint density at radius 3 is 2.47 bits per heavy atom. The van der Waals surface area contributed by atoms with Crippen LogP contribution in [-0.2, 0) is 20.7 Å². The molecule has 1 aliphatic rings. The predicted molar refractivity (Wildman–Crippen MR) is 119 cm³/mol. The van der Waals surface area contributed by atoms with Gasteiger partial charge in [0.05, 0.1) is 37.5 Å². The highest BCUT2D eigenvalue weighted by Gasteiger charge is 2.37. The van der Waals surface area contributed by atoms with E-state index in [0.717, 1.165) is 5.56 Å². The summed E-state index contributed by atoms with van der Waals surface area (Å²) < 4.78 is 29.8. The van der Waals surface area contributed by atoms with Crippen molar-refractivity contribution in [3.63, 3.8) is 0 Å². The van der Waals surface area contributed by atoms with Crippen molar-refractivity contribution >= 4 is 29.6 Å². The number of nitrogens with zero attached hydrogens (tertiary/aromatic N) is 1. The molecule has 6 nitrogen and oxygen atoms in total. The van der Waals surface area contributed by atoms with E-state index in [1.807, 2.05) is 12.1 Å². The molecule has 0 spiro atoms. The predicted octanol–water partition coefficient (Wildman–Crippen LogP) is 4.41. The molecule has 0 bridgehead atoms. The number of carbonyl (C=O) groups is 2. The maximum atomic E-state index is 14.3. The Labute approximate surface area is 190 Å². The molecule has 0 radical (unpaired) electrons. The van der Waals surface area contributed by atoms with Gasteiger partial charge in [-0.05, 0) is 49.2 Å². The van der Waals surface area contributed by atoms with Crippen molar-refractivity contribution in [1.82, 2.24) is 4.90 Å². The number of carbonyl (C=O) groups excluding carboxylic acids is 2. The molecule has 8 heteroatoms. The molecule has 0 N–H and O–H groups in total. The van der Waals surface area contributed by atoms with Crippen LogP contribution < -0.4 is 9.47 Å². The average Bonchev–Trinajstić information content (AvgIpc) is 3.02. The van der Waals surface area contributed by atoms with E-state index < -0.39 is 17.7 Å². The summed E-state index contributed by atoms with van der Waals surface area (Å²) >= 11 is 6.12. The summed E-state index contributed by atoms with van der Waals surface area (Å²) in [5.41, 5.74) is 1.50. The molecule has 0 aliphatic carbocycles. The molecule has 0 aromatic heterocycles. The number of amides is 1. The Hall–Kier alpha value is -3.32. The number of hydrogen-bond acceptors (Lipinski definition) is 5. The van der Waals surface area contributed by atoms with E-state index >= 15 is 0 Å². The highest BCUT2D eigenvalue weighted by Crippen LogP contribution is 2.34. The van der Waals surface area contributed by atoms with Crippen LogP contribution in [0.5, 0.6) is 11.5 Å². The average molecular weight is 460 g/mol. The summed E-state index contributed by atoms with van der Waals surface area (Å²) in [6.45, 7) is 1.95. The van der Waals surface area contributed by atoms with Crippen molar-refractivity contribution in [3.8, 4) is 11.5 Å². The topological polar surface area (TPSA) is 65.1 Å². The number of benzene rings is 2. The first-order valence-corrected chi connectivity index (χ1v) is 10.2. The Bertz CT molecular complexity index is 1110. The number of ether oxygens (including phenoxy) is 3. The third kappa shape index (κ3) is 4.48. The van der Waals surface area contributed by atoms with Crippen LogP contribution >= 0.6 is 11.6 Å². The quantitative estimate of drug-likeness (QED) is 0.453. The lowest BCUT2D eigenvalue weighted by Gasteiger charge is -2.18. The molecule has 0 saturated heterocycles. The van der Waals surface area contributed by atoms with Crippen molar-refractivity contribution in [3.05, 3.63) is 75.2 Å². The Morgan fingerprint density at radius 2 is 1.84 bits per heavy atom. The molecule has 1 amide bonds. The van der Waals surface area contributed by atoms with Gasteiger partial charge in [-0.15, -0.1) is 0 Å². The summed E-state index contributed by atoms with van der Waals surface area (Å²) in [5.74, 6) is -0.520. The van der Waals surface area contributed by atoms with Crippen molar-refractivity contribution in [1.29, 1.82) is 0 Å². The van der Waals surface area contributed by atoms with Gasteiger partial charge in [0.15, 0.2) is 11.5 Å². The summed E-state index contributed by atoms with van der Waals surface area (Å²) in [6, 6.07) is 9.70. The minimum atomic E-state index is -0.678. The first kappa shape index (κ1) is 23.3. The second-order valence-electron chi connectivity index (χ2n) is 7.04. The van der Waals surface area contributed by atoms with Crippen LogP contribution in [0.15, 0.2) is 53.2 Å². The summed E-state index contributed by atoms with van der Waals surface area (Å²) in [6.07, 6.45) is 1.79. The number of allylic oxidation sites excluding steroid dienone is 1. The number of methoxy groups -OCH3 is 3. The zero-order valence-corrected chi connectivity index (χ0v) is 19.0. The molecule has 32 heavy (non-hydrogen) atoms. The van der Waals surface area contributed by atoms with Gasteiger partial charge in [-0.25, -0.2) is 9.18 Å². The third-order valence-corrected chi connectivity index (χ3v) is 5.59. The Kier molecular flexibility index (Phi) is 7.20. The van der Waals surface area contributed by atoms with E-state index in [1.165, 1.54) is 36.3 Å². The fourth-order valence-electron chi connectivity index (χ4n) is 3.57. The minimum absolute atomic E-state index is 0.0356. The highest BCUT2D eigenvalue weighted by molar-refractivity contribution is 6.32. The molecule has 2 aromatic carbocycles. The maximum Gasteiger partial charge on any atom is 0.340 e. The largest absolute Gasteiger partial charge is 0.493 e. The van der Waals surface area contributed by atoms with Crippen LogP contribution in [0.25, 0.3) is 6.08 Å². The standard InChI is InChI=1S/C24H23ClFNO5/c1-14-22(24(29)32-4)17(13-16-18(25)6-5-7-19(16)26)23(28)27(14)11-10-15-8-9-20(30-2)21(12-15)31-3/h5-9,12-13H,10-11H2,1-4H3/b17-13+. The number of rotatable bonds is 7. The summed E-state index contributed by atoms with van der Waals surface area (Å²) in [5, 5.41) is 0.135. The summed E-state index contributed by atoms with van der Waals surface area (Å²) in [4.78, 5) is 27.1. The maximum absolute atomic E-state index is 14.3. The van der Waals surface area contributed by atoms with Gasteiger partial charge in [0, 0.05) is 17.8 Å². The molecule has 0 atom stereocenters. The fraction of sp³-hybridized carbons (Fsp3) is 0.250. The van der Waals surface area contributed by atoms with Gasteiger partial charge in [-0.2, -0.15) is 0 Å². The lowest BCUT2D eigenvalue weighted by molar-refractivity contribution is -0.136. The van der Waals surface area contributed by atoms with Gasteiger partial charge >= 0.3 is 5.97 Å². The van der Waals surface area contributed by atoms with Crippen LogP contribution in [0, 0.1) is 5.82 Å². The van der Waals surface area contributed by atoms with Crippen LogP contribution in [-0.4, -0.2) is 44.7 Å². The van der Waals surface area contributed by atoms with Crippen LogP contribution in [0.4, 0.5) is 4.39 Å². The minimum Gasteiger partial charge on any atom is -0.493 e. The lowest BCUT2D eigenvalue weighted by Crippen LogP contribution is -2.27. The van der Waals surface area contributed by atoms with Gasteiger partial charge in [-0.1, -0.05) is 23.7 Å². The molecular weight excluding hydrogens is 437 g/mol. The van der Waals surface area contributed by atoms with Crippen molar-refractivity contribution in [2.75, 3.05) is 27.9 Å². The van der Waals surface area contributed by atoms with Gasteiger partial charge < -0.3 is 19.1 Å². The van der Waals surface area contributed by atoms with E-state index in [0.29, 0.717) is 30.2 Å². The first-order valence-electron chi connectivity index (χ1n) is 9.80. The number of esters is 1. The second kappa shape index (κ2) is 9.87. The molecule has 1 aliphatic heterocycles. The van der Waals surface area contributed by atoms with Gasteiger partial charge in [0.1, 0.15) is 5.82 Å². The molecule has 0 fully saturated rings. The smallest absolute Gasteiger partial charge is 0.340 e. The normalized spacial score (nSPS) is 14.9.